The monoisotopic (exact) mass is 307 g/mol. The maximum absolute atomic E-state index is 12.9. The predicted octanol–water partition coefficient (Wildman–Crippen LogP) is 4.24. The van der Waals surface area contributed by atoms with Gasteiger partial charge in [0.15, 0.2) is 0 Å². The van der Waals surface area contributed by atoms with Crippen LogP contribution in [0.3, 0.4) is 0 Å². The number of esters is 1. The molecule has 0 heterocycles. The number of para-hydroxylation sites is 1. The molecule has 0 radical (unpaired) electrons. The zero-order valence-electron chi connectivity index (χ0n) is 11.6. The van der Waals surface area contributed by atoms with Gasteiger partial charge in [0.2, 0.25) is 0 Å². The highest BCUT2D eigenvalue weighted by Crippen LogP contribution is 2.35. The molecule has 0 saturated carbocycles. The molecule has 0 saturated heterocycles. The van der Waals surface area contributed by atoms with Gasteiger partial charge in [-0.3, -0.25) is 4.99 Å². The van der Waals surface area contributed by atoms with E-state index >= 15 is 0 Å². The van der Waals surface area contributed by atoms with Crippen molar-refractivity contribution in [2.24, 2.45) is 4.99 Å². The highest BCUT2D eigenvalue weighted by molar-refractivity contribution is 5.99. The number of hydrogen-bond donors (Lipinski definition) is 0. The molecule has 114 valence electrons. The molecule has 0 aromatic heterocycles. The summed E-state index contributed by atoms with van der Waals surface area (Å²) in [6.45, 7) is 0. The average molecular weight is 307 g/mol. The second kappa shape index (κ2) is 6.43. The second-order valence-electron chi connectivity index (χ2n) is 4.35. The smallest absolute Gasteiger partial charge is 0.418 e. The van der Waals surface area contributed by atoms with Crippen molar-refractivity contribution in [3.8, 4) is 0 Å². The van der Waals surface area contributed by atoms with Crippen LogP contribution in [-0.4, -0.2) is 19.3 Å². The Hall–Kier alpha value is -2.63. The summed E-state index contributed by atoms with van der Waals surface area (Å²) >= 11 is 0. The molecule has 0 unspecified atom stereocenters. The van der Waals surface area contributed by atoms with Crippen LogP contribution in [0.2, 0.25) is 0 Å². The van der Waals surface area contributed by atoms with Crippen LogP contribution in [0.25, 0.3) is 0 Å². The quantitative estimate of drug-likeness (QED) is 0.628. The molecular weight excluding hydrogens is 295 g/mol. The van der Waals surface area contributed by atoms with Gasteiger partial charge < -0.3 is 4.74 Å². The number of methoxy groups -OCH3 is 1. The minimum atomic E-state index is -4.49. The first-order valence-corrected chi connectivity index (χ1v) is 6.31. The Labute approximate surface area is 125 Å². The van der Waals surface area contributed by atoms with Gasteiger partial charge in [-0.2, -0.15) is 13.2 Å². The standard InChI is InChI=1S/C16H12F3NO2/c1-22-15(21)12-7-3-2-6-11(12)10-20-14-9-5-4-8-13(14)16(17,18)19/h2-10H,1H3. The number of ether oxygens (including phenoxy) is 1. The Morgan fingerprint density at radius 2 is 1.73 bits per heavy atom. The van der Waals surface area contributed by atoms with Crippen molar-refractivity contribution in [2.45, 2.75) is 6.18 Å². The van der Waals surface area contributed by atoms with E-state index in [1.54, 1.807) is 18.2 Å². The Balaban J connectivity index is 2.41. The fraction of sp³-hybridized carbons (Fsp3) is 0.125. The minimum absolute atomic E-state index is 0.213. The average Bonchev–Trinajstić information content (AvgIpc) is 2.52. The molecule has 0 aliphatic carbocycles. The van der Waals surface area contributed by atoms with Crippen LogP contribution in [0.15, 0.2) is 53.5 Å². The molecule has 0 fully saturated rings. The lowest BCUT2D eigenvalue weighted by Crippen LogP contribution is -2.06. The van der Waals surface area contributed by atoms with Gasteiger partial charge in [-0.15, -0.1) is 0 Å². The first-order valence-electron chi connectivity index (χ1n) is 6.31. The second-order valence-corrected chi connectivity index (χ2v) is 4.35. The van der Waals surface area contributed by atoms with Gasteiger partial charge in [-0.25, -0.2) is 4.79 Å². The molecule has 0 amide bonds. The maximum atomic E-state index is 12.9. The summed E-state index contributed by atoms with van der Waals surface area (Å²) in [5, 5.41) is 0. The summed E-state index contributed by atoms with van der Waals surface area (Å²) in [6.07, 6.45) is -3.27. The number of benzene rings is 2. The largest absolute Gasteiger partial charge is 0.465 e. The van der Waals surface area contributed by atoms with E-state index in [1.165, 1.54) is 37.6 Å². The topological polar surface area (TPSA) is 38.7 Å². The lowest BCUT2D eigenvalue weighted by Gasteiger charge is -2.09. The molecular formula is C16H12F3NO2. The van der Waals surface area contributed by atoms with Gasteiger partial charge in [0, 0.05) is 11.8 Å². The van der Waals surface area contributed by atoms with Gasteiger partial charge in [0.1, 0.15) is 0 Å². The van der Waals surface area contributed by atoms with Crippen molar-refractivity contribution in [3.63, 3.8) is 0 Å². The van der Waals surface area contributed by atoms with Crippen LogP contribution in [0, 0.1) is 0 Å². The van der Waals surface area contributed by atoms with Crippen molar-refractivity contribution in [1.82, 2.24) is 0 Å². The zero-order valence-corrected chi connectivity index (χ0v) is 11.6. The third-order valence-electron chi connectivity index (χ3n) is 2.92. The molecule has 0 atom stereocenters. The Kier molecular flexibility index (Phi) is 4.60. The van der Waals surface area contributed by atoms with E-state index in [2.05, 4.69) is 9.73 Å². The van der Waals surface area contributed by atoms with Crippen LogP contribution >= 0.6 is 0 Å². The molecule has 0 spiro atoms. The molecule has 0 N–H and O–H groups in total. The summed E-state index contributed by atoms with van der Waals surface area (Å²) in [5.74, 6) is -0.578. The highest BCUT2D eigenvalue weighted by atomic mass is 19.4. The van der Waals surface area contributed by atoms with Crippen LogP contribution in [0.4, 0.5) is 18.9 Å². The lowest BCUT2D eigenvalue weighted by molar-refractivity contribution is -0.137. The number of carbonyl (C=O) groups excluding carboxylic acids is 1. The summed E-state index contributed by atoms with van der Waals surface area (Å²) in [6, 6.07) is 11.4. The number of hydrogen-bond acceptors (Lipinski definition) is 3. The normalized spacial score (nSPS) is 11.6. The molecule has 6 heteroatoms. The molecule has 2 rings (SSSR count). The number of rotatable bonds is 3. The highest BCUT2D eigenvalue weighted by Gasteiger charge is 2.33. The molecule has 0 aliphatic rings. The van der Waals surface area contributed by atoms with Crippen molar-refractivity contribution >= 4 is 17.9 Å². The van der Waals surface area contributed by atoms with Crippen LogP contribution < -0.4 is 0 Å². The first kappa shape index (κ1) is 15.8. The van der Waals surface area contributed by atoms with Gasteiger partial charge in [-0.1, -0.05) is 30.3 Å². The molecule has 22 heavy (non-hydrogen) atoms. The van der Waals surface area contributed by atoms with Crippen LogP contribution in [0.5, 0.6) is 0 Å². The van der Waals surface area contributed by atoms with E-state index in [1.807, 2.05) is 0 Å². The van der Waals surface area contributed by atoms with Crippen molar-refractivity contribution in [1.29, 1.82) is 0 Å². The van der Waals surface area contributed by atoms with Gasteiger partial charge in [-0.05, 0) is 18.2 Å². The SMILES string of the molecule is COC(=O)c1ccccc1C=Nc1ccccc1C(F)(F)F. The van der Waals surface area contributed by atoms with Crippen molar-refractivity contribution in [3.05, 3.63) is 65.2 Å². The van der Waals surface area contributed by atoms with E-state index in [0.717, 1.165) is 6.07 Å². The van der Waals surface area contributed by atoms with E-state index in [4.69, 9.17) is 0 Å². The predicted molar refractivity (Wildman–Crippen MR) is 76.5 cm³/mol. The van der Waals surface area contributed by atoms with Gasteiger partial charge in [0.25, 0.3) is 0 Å². The number of nitrogens with zero attached hydrogens (tertiary/aromatic N) is 1. The summed E-state index contributed by atoms with van der Waals surface area (Å²) in [5.41, 5.74) is -0.430. The number of halogens is 3. The van der Waals surface area contributed by atoms with E-state index in [0.29, 0.717) is 5.56 Å². The van der Waals surface area contributed by atoms with Crippen molar-refractivity contribution in [2.75, 3.05) is 7.11 Å². The Morgan fingerprint density at radius 3 is 2.41 bits per heavy atom. The number of carbonyl (C=O) groups is 1. The van der Waals surface area contributed by atoms with Crippen molar-refractivity contribution < 1.29 is 22.7 Å². The molecule has 2 aromatic rings. The Bertz CT molecular complexity index is 709. The van der Waals surface area contributed by atoms with Gasteiger partial charge >= 0.3 is 12.1 Å². The molecule has 0 aliphatic heterocycles. The Morgan fingerprint density at radius 1 is 1.09 bits per heavy atom. The fourth-order valence-electron chi connectivity index (χ4n) is 1.87. The zero-order chi connectivity index (χ0) is 16.2. The third kappa shape index (κ3) is 3.52. The van der Waals surface area contributed by atoms with Gasteiger partial charge in [0.05, 0.1) is 23.9 Å². The van der Waals surface area contributed by atoms with E-state index < -0.39 is 17.7 Å². The third-order valence-corrected chi connectivity index (χ3v) is 2.92. The first-order chi connectivity index (χ1) is 10.4. The lowest BCUT2D eigenvalue weighted by atomic mass is 10.1. The van der Waals surface area contributed by atoms with E-state index in [9.17, 15) is 18.0 Å². The maximum Gasteiger partial charge on any atom is 0.418 e. The van der Waals surface area contributed by atoms with Crippen LogP contribution in [0.1, 0.15) is 21.5 Å². The minimum Gasteiger partial charge on any atom is -0.465 e. The summed E-state index contributed by atoms with van der Waals surface area (Å²) < 4.78 is 43.3. The molecule has 2 aromatic carbocycles. The fourth-order valence-corrected chi connectivity index (χ4v) is 1.87. The van der Waals surface area contributed by atoms with Crippen LogP contribution in [-0.2, 0) is 10.9 Å². The van der Waals surface area contributed by atoms with E-state index in [-0.39, 0.29) is 11.3 Å². The summed E-state index contributed by atoms with van der Waals surface area (Å²) in [4.78, 5) is 15.5. The number of alkyl halides is 3. The molecule has 3 nitrogen and oxygen atoms in total. The molecule has 0 bridgehead atoms. The number of aliphatic imine (C=N–C) groups is 1. The summed E-state index contributed by atoms with van der Waals surface area (Å²) in [7, 11) is 1.23.